The molecule has 2 fully saturated rings. The normalized spacial score (nSPS) is 31.6. The number of Topliss-reactive ketones (excluding diaryl/α,β-unsaturated/α-hetero) is 1. The average Bonchev–Trinajstić information content (AvgIpc) is 3.21. The summed E-state index contributed by atoms with van der Waals surface area (Å²) in [6, 6.07) is 6.47. The largest absolute Gasteiger partial charge is 0.295 e. The van der Waals surface area contributed by atoms with Gasteiger partial charge < -0.3 is 0 Å². The maximum absolute atomic E-state index is 12.7. The fourth-order valence-corrected chi connectivity index (χ4v) is 6.72. The number of hydrogen-bond acceptors (Lipinski definition) is 2. The van der Waals surface area contributed by atoms with Crippen LogP contribution in [-0.2, 0) is 11.2 Å². The SMILES string of the molecule is O=C1CC(C2CC23CCC3)CC2=C1Cc1ccc(Br)cc1S2. The molecule has 2 unspecified atom stereocenters. The minimum atomic E-state index is 0.439. The molecule has 1 aromatic rings. The van der Waals surface area contributed by atoms with Gasteiger partial charge in [-0.3, -0.25) is 4.79 Å². The second kappa shape index (κ2) is 4.73. The van der Waals surface area contributed by atoms with Crippen LogP contribution in [0.1, 0.15) is 44.1 Å². The Morgan fingerprint density at radius 3 is 2.82 bits per heavy atom. The third-order valence-electron chi connectivity index (χ3n) is 6.37. The number of ketones is 1. The quantitative estimate of drug-likeness (QED) is 0.643. The molecule has 2 atom stereocenters. The van der Waals surface area contributed by atoms with Crippen LogP contribution < -0.4 is 0 Å². The van der Waals surface area contributed by atoms with Gasteiger partial charge in [-0.05, 0) is 65.5 Å². The maximum atomic E-state index is 12.7. The van der Waals surface area contributed by atoms with Crippen LogP contribution in [0.15, 0.2) is 38.0 Å². The number of carbonyl (C=O) groups is 1. The van der Waals surface area contributed by atoms with Crippen LogP contribution in [0.5, 0.6) is 0 Å². The summed E-state index contributed by atoms with van der Waals surface area (Å²) in [5.41, 5.74) is 3.13. The van der Waals surface area contributed by atoms with E-state index in [0.29, 0.717) is 17.1 Å². The van der Waals surface area contributed by atoms with Gasteiger partial charge in [-0.15, -0.1) is 0 Å². The van der Waals surface area contributed by atoms with Gasteiger partial charge in [0.25, 0.3) is 0 Å². The Labute approximate surface area is 144 Å². The number of fused-ring (bicyclic) bond motifs is 1. The maximum Gasteiger partial charge on any atom is 0.160 e. The van der Waals surface area contributed by atoms with Crippen molar-refractivity contribution in [3.8, 4) is 0 Å². The number of benzene rings is 1. The van der Waals surface area contributed by atoms with E-state index in [1.165, 1.54) is 41.0 Å². The van der Waals surface area contributed by atoms with E-state index in [4.69, 9.17) is 0 Å². The highest BCUT2D eigenvalue weighted by Gasteiger charge is 2.60. The molecule has 0 amide bonds. The molecule has 1 spiro atoms. The zero-order chi connectivity index (χ0) is 14.9. The van der Waals surface area contributed by atoms with Gasteiger partial charge in [-0.25, -0.2) is 0 Å². The van der Waals surface area contributed by atoms with Crippen molar-refractivity contribution in [3.63, 3.8) is 0 Å². The van der Waals surface area contributed by atoms with E-state index in [0.717, 1.165) is 35.2 Å². The highest BCUT2D eigenvalue weighted by atomic mass is 79.9. The Hall–Kier alpha value is -0.540. The molecule has 3 heteroatoms. The van der Waals surface area contributed by atoms with Crippen molar-refractivity contribution < 1.29 is 4.79 Å². The lowest BCUT2D eigenvalue weighted by molar-refractivity contribution is -0.117. The van der Waals surface area contributed by atoms with E-state index in [2.05, 4.69) is 34.1 Å². The summed E-state index contributed by atoms with van der Waals surface area (Å²) in [6.45, 7) is 0. The average molecular weight is 375 g/mol. The summed E-state index contributed by atoms with van der Waals surface area (Å²) in [5.74, 6) is 1.92. The number of allylic oxidation sites excluding steroid dienone is 2. The van der Waals surface area contributed by atoms with Crippen molar-refractivity contribution in [2.24, 2.45) is 17.3 Å². The first-order valence-corrected chi connectivity index (χ1v) is 9.97. The summed E-state index contributed by atoms with van der Waals surface area (Å²) in [6.07, 6.45) is 8.50. The fourth-order valence-electron chi connectivity index (χ4n) is 4.88. The molecule has 1 aliphatic heterocycles. The number of thioether (sulfide) groups is 1. The number of hydrogen-bond donors (Lipinski definition) is 0. The van der Waals surface area contributed by atoms with Crippen LogP contribution in [-0.4, -0.2) is 5.78 Å². The van der Waals surface area contributed by atoms with Crippen molar-refractivity contribution in [3.05, 3.63) is 38.7 Å². The van der Waals surface area contributed by atoms with E-state index in [-0.39, 0.29) is 0 Å². The third kappa shape index (κ3) is 2.01. The van der Waals surface area contributed by atoms with E-state index in [9.17, 15) is 4.79 Å². The molecular formula is C19H19BrOS. The minimum absolute atomic E-state index is 0.439. The van der Waals surface area contributed by atoms with E-state index in [1.807, 2.05) is 11.8 Å². The molecule has 1 heterocycles. The smallest absolute Gasteiger partial charge is 0.160 e. The first-order valence-electron chi connectivity index (χ1n) is 8.36. The number of carbonyl (C=O) groups excluding carboxylic acids is 1. The Morgan fingerprint density at radius 1 is 1.23 bits per heavy atom. The summed E-state index contributed by atoms with van der Waals surface area (Å²) in [4.78, 5) is 15.4. The van der Waals surface area contributed by atoms with Gasteiger partial charge in [-0.1, -0.05) is 40.2 Å². The highest BCUT2D eigenvalue weighted by Crippen LogP contribution is 2.70. The molecule has 3 aliphatic carbocycles. The highest BCUT2D eigenvalue weighted by molar-refractivity contribution is 9.10. The Morgan fingerprint density at radius 2 is 2.09 bits per heavy atom. The van der Waals surface area contributed by atoms with Crippen LogP contribution in [0, 0.1) is 17.3 Å². The van der Waals surface area contributed by atoms with E-state index < -0.39 is 0 Å². The van der Waals surface area contributed by atoms with Gasteiger partial charge in [0.05, 0.1) is 0 Å². The summed E-state index contributed by atoms with van der Waals surface area (Å²) < 4.78 is 1.14. The topological polar surface area (TPSA) is 17.1 Å². The fraction of sp³-hybridized carbons (Fsp3) is 0.526. The van der Waals surface area contributed by atoms with Gasteiger partial charge in [0, 0.05) is 27.8 Å². The second-order valence-electron chi connectivity index (χ2n) is 7.55. The lowest BCUT2D eigenvalue weighted by Crippen LogP contribution is -2.26. The molecule has 0 N–H and O–H groups in total. The lowest BCUT2D eigenvalue weighted by atomic mass is 9.74. The molecule has 0 bridgehead atoms. The number of halogens is 1. The molecule has 0 radical (unpaired) electrons. The van der Waals surface area contributed by atoms with Crippen LogP contribution >= 0.6 is 27.7 Å². The predicted molar refractivity (Wildman–Crippen MR) is 92.9 cm³/mol. The van der Waals surface area contributed by atoms with Crippen molar-refractivity contribution in [1.82, 2.24) is 0 Å². The van der Waals surface area contributed by atoms with E-state index in [1.54, 1.807) is 0 Å². The Bertz CT molecular complexity index is 716. The first kappa shape index (κ1) is 13.9. The lowest BCUT2D eigenvalue weighted by Gasteiger charge is -2.34. The standard InChI is InChI=1S/C19H19BrOS/c20-13-3-2-11-6-14-16(21)7-12(8-18(14)22-17(11)9-13)15-10-19(15)4-1-5-19/h2-3,9,12,15H,1,4-8,10H2. The van der Waals surface area contributed by atoms with E-state index >= 15 is 0 Å². The predicted octanol–water partition coefficient (Wildman–Crippen LogP) is 5.52. The summed E-state index contributed by atoms with van der Waals surface area (Å²) in [7, 11) is 0. The van der Waals surface area contributed by atoms with Crippen LogP contribution in [0.2, 0.25) is 0 Å². The minimum Gasteiger partial charge on any atom is -0.295 e. The summed E-state index contributed by atoms with van der Waals surface area (Å²) >= 11 is 5.43. The molecule has 22 heavy (non-hydrogen) atoms. The Kier molecular flexibility index (Phi) is 2.98. The number of rotatable bonds is 1. The molecule has 2 saturated carbocycles. The molecule has 114 valence electrons. The second-order valence-corrected chi connectivity index (χ2v) is 9.60. The molecule has 0 aromatic heterocycles. The zero-order valence-corrected chi connectivity index (χ0v) is 14.9. The van der Waals surface area contributed by atoms with Crippen molar-refractivity contribution in [2.45, 2.75) is 49.8 Å². The third-order valence-corrected chi connectivity index (χ3v) is 8.12. The monoisotopic (exact) mass is 374 g/mol. The molecular weight excluding hydrogens is 356 g/mol. The molecule has 4 aliphatic rings. The van der Waals surface area contributed by atoms with Crippen molar-refractivity contribution in [2.75, 3.05) is 0 Å². The first-order chi connectivity index (χ1) is 10.6. The molecule has 5 rings (SSSR count). The van der Waals surface area contributed by atoms with Gasteiger partial charge in [0.15, 0.2) is 5.78 Å². The van der Waals surface area contributed by atoms with Crippen LogP contribution in [0.4, 0.5) is 0 Å². The molecule has 1 nitrogen and oxygen atoms in total. The van der Waals surface area contributed by atoms with Crippen LogP contribution in [0.25, 0.3) is 0 Å². The zero-order valence-electron chi connectivity index (χ0n) is 12.5. The van der Waals surface area contributed by atoms with Crippen molar-refractivity contribution in [1.29, 1.82) is 0 Å². The van der Waals surface area contributed by atoms with Crippen molar-refractivity contribution >= 4 is 33.5 Å². The van der Waals surface area contributed by atoms with Gasteiger partial charge in [0.2, 0.25) is 0 Å². The van der Waals surface area contributed by atoms with Gasteiger partial charge >= 0.3 is 0 Å². The van der Waals surface area contributed by atoms with Gasteiger partial charge in [-0.2, -0.15) is 0 Å². The molecule has 0 saturated heterocycles. The van der Waals surface area contributed by atoms with Crippen LogP contribution in [0.3, 0.4) is 0 Å². The summed E-state index contributed by atoms with van der Waals surface area (Å²) in [5, 5.41) is 0. The van der Waals surface area contributed by atoms with Gasteiger partial charge in [0.1, 0.15) is 0 Å². The molecule has 1 aromatic carbocycles. The Balaban J connectivity index is 1.42.